The first-order valence-corrected chi connectivity index (χ1v) is 11.8. The zero-order valence-corrected chi connectivity index (χ0v) is 21.9. The highest BCUT2D eigenvalue weighted by molar-refractivity contribution is 5.96. The van der Waals surface area contributed by atoms with E-state index in [4.69, 9.17) is 17.2 Å². The van der Waals surface area contributed by atoms with E-state index in [1.54, 1.807) is 27.7 Å². The molecule has 11 N–H and O–H groups in total. The molecule has 0 saturated heterocycles. The van der Waals surface area contributed by atoms with Crippen molar-refractivity contribution in [2.75, 3.05) is 6.54 Å². The van der Waals surface area contributed by atoms with Gasteiger partial charge in [-0.2, -0.15) is 0 Å². The van der Waals surface area contributed by atoms with Crippen molar-refractivity contribution >= 4 is 41.5 Å². The number of amides is 5. The fourth-order valence-corrected chi connectivity index (χ4v) is 3.27. The van der Waals surface area contributed by atoms with Gasteiger partial charge in [0.25, 0.3) is 0 Å². The highest BCUT2D eigenvalue weighted by Crippen LogP contribution is 2.08. The second-order valence-electron chi connectivity index (χ2n) is 9.22. The summed E-state index contributed by atoms with van der Waals surface area (Å²) in [6.07, 6.45) is -0.256. The summed E-state index contributed by atoms with van der Waals surface area (Å²) in [6.45, 7) is 7.97. The molecule has 0 aromatic heterocycles. The Balaban J connectivity index is 5.62. The van der Waals surface area contributed by atoms with Gasteiger partial charge in [0.2, 0.25) is 29.5 Å². The lowest BCUT2D eigenvalue weighted by Crippen LogP contribution is -2.60. The standard InChI is InChI=1S/C22H40N8O7/c1-10(2)16(18(23)34)29-20(36)14(9-15(32)33)28-21(37)17(11(3)4)30-19(35)13(27-12(5)31)7-6-8-26-22(24)25/h10-11,13-14,16-17H,6-9H2,1-5H3,(H2,23,34)(H,27,31)(H,28,37)(H,29,36)(H,30,35)(H,32,33)(H4,24,25,26)/t13-,14-,16-,17-/m0/s1. The maximum absolute atomic E-state index is 13.0. The van der Waals surface area contributed by atoms with Gasteiger partial charge in [-0.15, -0.1) is 0 Å². The number of hydrogen-bond acceptors (Lipinski definition) is 7. The van der Waals surface area contributed by atoms with E-state index in [-0.39, 0.29) is 24.8 Å². The molecule has 0 aliphatic rings. The van der Waals surface area contributed by atoms with Crippen LogP contribution in [0, 0.1) is 11.8 Å². The minimum Gasteiger partial charge on any atom is -0.481 e. The third-order valence-corrected chi connectivity index (χ3v) is 5.17. The van der Waals surface area contributed by atoms with Crippen LogP contribution in [0.15, 0.2) is 4.99 Å². The SMILES string of the molecule is CC(=O)N[C@@H](CCCN=C(N)N)C(=O)N[C@H](C(=O)N[C@@H](CC(=O)O)C(=O)N[C@H](C(N)=O)C(C)C)C(C)C. The molecule has 37 heavy (non-hydrogen) atoms. The van der Waals surface area contributed by atoms with Crippen LogP contribution < -0.4 is 38.5 Å². The molecule has 0 fully saturated rings. The molecule has 5 amide bonds. The van der Waals surface area contributed by atoms with Gasteiger partial charge in [0.15, 0.2) is 5.96 Å². The Hall–Kier alpha value is -3.91. The van der Waals surface area contributed by atoms with Crippen LogP contribution >= 0.6 is 0 Å². The third-order valence-electron chi connectivity index (χ3n) is 5.17. The lowest BCUT2D eigenvalue weighted by atomic mass is 10.0. The first-order chi connectivity index (χ1) is 17.1. The van der Waals surface area contributed by atoms with E-state index in [1.165, 1.54) is 6.92 Å². The molecule has 0 heterocycles. The fraction of sp³-hybridized carbons (Fsp3) is 0.682. The summed E-state index contributed by atoms with van der Waals surface area (Å²) < 4.78 is 0. The van der Waals surface area contributed by atoms with E-state index in [9.17, 15) is 33.9 Å². The van der Waals surface area contributed by atoms with E-state index < -0.39 is 72.0 Å². The molecule has 0 aliphatic heterocycles. The molecule has 15 nitrogen and oxygen atoms in total. The highest BCUT2D eigenvalue weighted by Gasteiger charge is 2.33. The maximum atomic E-state index is 13.0. The van der Waals surface area contributed by atoms with Gasteiger partial charge in [0, 0.05) is 13.5 Å². The quantitative estimate of drug-likeness (QED) is 0.0586. The number of nitrogens with one attached hydrogen (secondary N) is 4. The van der Waals surface area contributed by atoms with Gasteiger partial charge in [-0.3, -0.25) is 33.8 Å². The molecule has 0 saturated carbocycles. The lowest BCUT2D eigenvalue weighted by molar-refractivity contribution is -0.141. The van der Waals surface area contributed by atoms with Crippen molar-refractivity contribution in [3.63, 3.8) is 0 Å². The van der Waals surface area contributed by atoms with Crippen molar-refractivity contribution in [3.05, 3.63) is 0 Å². The summed E-state index contributed by atoms with van der Waals surface area (Å²) in [6, 6.07) is -4.81. The van der Waals surface area contributed by atoms with E-state index in [1.807, 2.05) is 0 Å². The largest absolute Gasteiger partial charge is 0.481 e. The summed E-state index contributed by atoms with van der Waals surface area (Å²) in [4.78, 5) is 77.0. The number of carbonyl (C=O) groups is 6. The van der Waals surface area contributed by atoms with Gasteiger partial charge in [0.05, 0.1) is 6.42 Å². The molecule has 0 rings (SSSR count). The Kier molecular flexibility index (Phi) is 14.3. The predicted molar refractivity (Wildman–Crippen MR) is 134 cm³/mol. The number of aliphatic carboxylic acids is 1. The Morgan fingerprint density at radius 1 is 0.757 bits per heavy atom. The van der Waals surface area contributed by atoms with Crippen LogP contribution in [0.5, 0.6) is 0 Å². The van der Waals surface area contributed by atoms with Gasteiger partial charge < -0.3 is 43.6 Å². The normalized spacial score (nSPS) is 14.0. The summed E-state index contributed by atoms with van der Waals surface area (Å²) >= 11 is 0. The summed E-state index contributed by atoms with van der Waals surface area (Å²) in [5.41, 5.74) is 15.8. The van der Waals surface area contributed by atoms with Crippen LogP contribution in [0.2, 0.25) is 0 Å². The van der Waals surface area contributed by atoms with Crippen LogP contribution in [-0.2, 0) is 28.8 Å². The number of carbonyl (C=O) groups excluding carboxylic acids is 5. The van der Waals surface area contributed by atoms with E-state index in [2.05, 4.69) is 26.3 Å². The summed E-state index contributed by atoms with van der Waals surface area (Å²) in [5, 5.41) is 19.0. The third kappa shape index (κ3) is 13.1. The van der Waals surface area contributed by atoms with Crippen molar-refractivity contribution in [1.82, 2.24) is 21.3 Å². The Bertz CT molecular complexity index is 871. The summed E-state index contributed by atoms with van der Waals surface area (Å²) in [5.74, 6) is -6.06. The van der Waals surface area contributed by atoms with Crippen LogP contribution in [-0.4, -0.2) is 77.3 Å². The smallest absolute Gasteiger partial charge is 0.305 e. The van der Waals surface area contributed by atoms with Crippen LogP contribution in [0.3, 0.4) is 0 Å². The molecule has 15 heteroatoms. The first kappa shape index (κ1) is 33.1. The van der Waals surface area contributed by atoms with Crippen LogP contribution in [0.4, 0.5) is 0 Å². The topological polar surface area (TPSA) is 261 Å². The van der Waals surface area contributed by atoms with Gasteiger partial charge >= 0.3 is 5.97 Å². The number of guanidine groups is 1. The van der Waals surface area contributed by atoms with Crippen molar-refractivity contribution in [2.45, 2.75) is 78.0 Å². The number of carboxylic acids is 1. The molecule has 0 bridgehead atoms. The molecule has 0 aliphatic carbocycles. The predicted octanol–water partition coefficient (Wildman–Crippen LogP) is -2.73. The van der Waals surface area contributed by atoms with Crippen molar-refractivity contribution in [2.24, 2.45) is 34.0 Å². The molecular formula is C22H40N8O7. The van der Waals surface area contributed by atoms with Crippen molar-refractivity contribution < 1.29 is 33.9 Å². The molecular weight excluding hydrogens is 488 g/mol. The van der Waals surface area contributed by atoms with Crippen LogP contribution in [0.1, 0.15) is 53.9 Å². The highest BCUT2D eigenvalue weighted by atomic mass is 16.4. The average molecular weight is 529 g/mol. The molecule has 4 atom stereocenters. The number of hydrogen-bond donors (Lipinski definition) is 8. The monoisotopic (exact) mass is 528 g/mol. The van der Waals surface area contributed by atoms with E-state index >= 15 is 0 Å². The number of aliphatic imine (C=N–C) groups is 1. The van der Waals surface area contributed by atoms with Gasteiger partial charge in [0.1, 0.15) is 24.2 Å². The van der Waals surface area contributed by atoms with E-state index in [0.29, 0.717) is 6.42 Å². The van der Waals surface area contributed by atoms with Gasteiger partial charge in [-0.05, 0) is 24.7 Å². The van der Waals surface area contributed by atoms with E-state index in [0.717, 1.165) is 0 Å². The molecule has 210 valence electrons. The molecule has 0 spiro atoms. The average Bonchev–Trinajstić information content (AvgIpc) is 2.75. The Morgan fingerprint density at radius 2 is 1.27 bits per heavy atom. The first-order valence-electron chi connectivity index (χ1n) is 11.8. The van der Waals surface area contributed by atoms with Gasteiger partial charge in [-0.25, -0.2) is 0 Å². The zero-order valence-electron chi connectivity index (χ0n) is 21.9. The maximum Gasteiger partial charge on any atom is 0.305 e. The minimum atomic E-state index is -1.55. The second-order valence-corrected chi connectivity index (χ2v) is 9.22. The molecule has 0 aromatic rings. The number of nitrogens with two attached hydrogens (primary N) is 3. The Morgan fingerprint density at radius 3 is 1.70 bits per heavy atom. The lowest BCUT2D eigenvalue weighted by Gasteiger charge is -2.27. The fourth-order valence-electron chi connectivity index (χ4n) is 3.27. The molecule has 0 unspecified atom stereocenters. The molecule has 0 aromatic carbocycles. The zero-order chi connectivity index (χ0) is 28.9. The minimum absolute atomic E-state index is 0.118. The van der Waals surface area contributed by atoms with Crippen molar-refractivity contribution in [1.29, 1.82) is 0 Å². The van der Waals surface area contributed by atoms with Crippen LogP contribution in [0.25, 0.3) is 0 Å². The molecule has 0 radical (unpaired) electrons. The number of carboxylic acid groups (broad SMARTS) is 1. The second kappa shape index (κ2) is 16.0. The Labute approximate surface area is 215 Å². The van der Waals surface area contributed by atoms with Crippen molar-refractivity contribution in [3.8, 4) is 0 Å². The number of primary amides is 1. The van der Waals surface area contributed by atoms with Gasteiger partial charge in [-0.1, -0.05) is 27.7 Å². The number of rotatable bonds is 16. The summed E-state index contributed by atoms with van der Waals surface area (Å²) in [7, 11) is 0. The number of nitrogens with zero attached hydrogens (tertiary/aromatic N) is 1.